The number of urea groups is 1. The van der Waals surface area contributed by atoms with E-state index in [0.717, 1.165) is 0 Å². The zero-order chi connectivity index (χ0) is 14.7. The Hall–Kier alpha value is -1.83. The van der Waals surface area contributed by atoms with Gasteiger partial charge < -0.3 is 25.6 Å². The second-order valence-electron chi connectivity index (χ2n) is 3.73. The highest BCUT2D eigenvalue weighted by Crippen LogP contribution is 1.92. The Morgan fingerprint density at radius 1 is 1.21 bits per heavy atom. The first-order chi connectivity index (χ1) is 8.97. The summed E-state index contributed by atoms with van der Waals surface area (Å²) >= 11 is 0. The van der Waals surface area contributed by atoms with Gasteiger partial charge in [0.05, 0.1) is 6.61 Å². The molecule has 0 aromatic rings. The van der Waals surface area contributed by atoms with Crippen LogP contribution in [0.2, 0.25) is 0 Å². The van der Waals surface area contributed by atoms with E-state index in [4.69, 9.17) is 14.9 Å². The van der Waals surface area contributed by atoms with Crippen molar-refractivity contribution in [2.45, 2.75) is 32.3 Å². The molecule has 0 aliphatic rings. The van der Waals surface area contributed by atoms with Crippen molar-refractivity contribution in [2.24, 2.45) is 0 Å². The summed E-state index contributed by atoms with van der Waals surface area (Å²) in [5, 5.41) is 22.2. The van der Waals surface area contributed by atoms with Crippen LogP contribution in [0.5, 0.6) is 0 Å². The highest BCUT2D eigenvalue weighted by Gasteiger charge is 2.12. The number of carbonyl (C=O) groups excluding carboxylic acids is 2. The van der Waals surface area contributed by atoms with Crippen LogP contribution < -0.4 is 10.6 Å². The third kappa shape index (κ3) is 9.83. The fourth-order valence-electron chi connectivity index (χ4n) is 1.18. The van der Waals surface area contributed by atoms with Gasteiger partial charge in [0.15, 0.2) is 6.10 Å². The van der Waals surface area contributed by atoms with Crippen LogP contribution in [0.4, 0.5) is 4.79 Å². The van der Waals surface area contributed by atoms with Crippen molar-refractivity contribution in [1.82, 2.24) is 10.6 Å². The number of nitrogens with one attached hydrogen (secondary N) is 2. The number of aliphatic hydroxyl groups excluding tert-OH is 1. The van der Waals surface area contributed by atoms with E-state index in [0.29, 0.717) is 19.6 Å². The minimum absolute atomic E-state index is 0.0528. The lowest BCUT2D eigenvalue weighted by atomic mass is 10.2. The number of amides is 2. The van der Waals surface area contributed by atoms with Crippen LogP contribution in [0, 0.1) is 0 Å². The lowest BCUT2D eigenvalue weighted by Gasteiger charge is -2.08. The summed E-state index contributed by atoms with van der Waals surface area (Å²) < 4.78 is 4.71. The second kappa shape index (κ2) is 10.1. The van der Waals surface area contributed by atoms with Gasteiger partial charge in [0.25, 0.3) is 0 Å². The van der Waals surface area contributed by atoms with Gasteiger partial charge in [0, 0.05) is 25.9 Å². The van der Waals surface area contributed by atoms with E-state index < -0.39 is 18.1 Å². The molecule has 0 fully saturated rings. The van der Waals surface area contributed by atoms with Gasteiger partial charge in [0.1, 0.15) is 0 Å². The molecule has 1 atom stereocenters. The molecule has 8 heteroatoms. The van der Waals surface area contributed by atoms with E-state index in [1.165, 1.54) is 0 Å². The zero-order valence-corrected chi connectivity index (χ0v) is 10.8. The lowest BCUT2D eigenvalue weighted by Crippen LogP contribution is -2.38. The normalized spacial score (nSPS) is 11.5. The van der Waals surface area contributed by atoms with E-state index in [2.05, 4.69) is 10.6 Å². The first-order valence-electron chi connectivity index (χ1n) is 6.05. The van der Waals surface area contributed by atoms with E-state index in [-0.39, 0.29) is 25.4 Å². The minimum atomic E-state index is -1.48. The molecule has 2 amide bonds. The fourth-order valence-corrected chi connectivity index (χ4v) is 1.18. The molecule has 19 heavy (non-hydrogen) atoms. The van der Waals surface area contributed by atoms with Gasteiger partial charge >= 0.3 is 18.0 Å². The van der Waals surface area contributed by atoms with Crippen LogP contribution in [0.15, 0.2) is 0 Å². The fraction of sp³-hybridized carbons (Fsp3) is 0.727. The molecule has 1 unspecified atom stereocenters. The number of aliphatic hydroxyl groups is 1. The molecule has 0 bridgehead atoms. The molecular weight excluding hydrogens is 256 g/mol. The van der Waals surface area contributed by atoms with Crippen LogP contribution >= 0.6 is 0 Å². The minimum Gasteiger partial charge on any atom is -0.479 e. The van der Waals surface area contributed by atoms with Gasteiger partial charge in [-0.1, -0.05) is 0 Å². The second-order valence-corrected chi connectivity index (χ2v) is 3.73. The van der Waals surface area contributed by atoms with Crippen LogP contribution in [-0.2, 0) is 14.3 Å². The van der Waals surface area contributed by atoms with Crippen molar-refractivity contribution in [3.05, 3.63) is 0 Å². The molecule has 0 saturated heterocycles. The van der Waals surface area contributed by atoms with Crippen molar-refractivity contribution in [3.8, 4) is 0 Å². The molecule has 0 rings (SSSR count). The van der Waals surface area contributed by atoms with E-state index in [1.54, 1.807) is 6.92 Å². The van der Waals surface area contributed by atoms with Gasteiger partial charge in [-0.3, -0.25) is 4.79 Å². The SMILES string of the molecule is CCOC(=O)CCCNC(=O)NCCC(O)C(=O)O. The number of carbonyl (C=O) groups is 3. The standard InChI is InChI=1S/C11H20N2O6/c1-2-19-9(15)4-3-6-12-11(18)13-7-5-8(14)10(16)17/h8,14H,2-7H2,1H3,(H,16,17)(H2,12,13,18). The topological polar surface area (TPSA) is 125 Å². The van der Waals surface area contributed by atoms with E-state index in [9.17, 15) is 14.4 Å². The Bertz CT molecular complexity index is 308. The highest BCUT2D eigenvalue weighted by atomic mass is 16.5. The molecule has 4 N–H and O–H groups in total. The molecule has 0 aliphatic heterocycles. The highest BCUT2D eigenvalue weighted by molar-refractivity contribution is 5.74. The number of esters is 1. The van der Waals surface area contributed by atoms with Crippen LogP contribution in [0.25, 0.3) is 0 Å². The van der Waals surface area contributed by atoms with Crippen molar-refractivity contribution in [2.75, 3.05) is 19.7 Å². The van der Waals surface area contributed by atoms with Crippen LogP contribution in [0.3, 0.4) is 0 Å². The summed E-state index contributed by atoms with van der Waals surface area (Å²) in [4.78, 5) is 32.4. The monoisotopic (exact) mass is 276 g/mol. The quantitative estimate of drug-likeness (QED) is 0.331. The Balaban J connectivity index is 3.50. The lowest BCUT2D eigenvalue weighted by molar-refractivity contribution is -0.147. The molecule has 0 radical (unpaired) electrons. The first kappa shape index (κ1) is 17.2. The van der Waals surface area contributed by atoms with Gasteiger partial charge in [-0.05, 0) is 13.3 Å². The van der Waals surface area contributed by atoms with Gasteiger partial charge in [0.2, 0.25) is 0 Å². The molecule has 0 saturated carbocycles. The summed E-state index contributed by atoms with van der Waals surface area (Å²) in [7, 11) is 0. The third-order valence-corrected chi connectivity index (χ3v) is 2.14. The molecule has 110 valence electrons. The maximum Gasteiger partial charge on any atom is 0.332 e. The van der Waals surface area contributed by atoms with Crippen LogP contribution in [0.1, 0.15) is 26.2 Å². The Morgan fingerprint density at radius 3 is 2.42 bits per heavy atom. The average Bonchev–Trinajstić information content (AvgIpc) is 2.34. The van der Waals surface area contributed by atoms with Crippen molar-refractivity contribution in [1.29, 1.82) is 0 Å². The summed E-state index contributed by atoms with van der Waals surface area (Å²) in [6.45, 7) is 2.41. The number of carboxylic acid groups (broad SMARTS) is 1. The third-order valence-electron chi connectivity index (χ3n) is 2.14. The van der Waals surface area contributed by atoms with E-state index >= 15 is 0 Å². The number of rotatable bonds is 9. The number of carboxylic acids is 1. The largest absolute Gasteiger partial charge is 0.479 e. The number of hydrogen-bond donors (Lipinski definition) is 4. The summed E-state index contributed by atoms with van der Waals surface area (Å²) in [6.07, 6.45) is -0.856. The molecule has 0 aromatic heterocycles. The number of ether oxygens (including phenoxy) is 1. The predicted molar refractivity (Wildman–Crippen MR) is 65.5 cm³/mol. The van der Waals surface area contributed by atoms with Gasteiger partial charge in [-0.2, -0.15) is 0 Å². The maximum atomic E-state index is 11.2. The molecule has 0 spiro atoms. The Labute approximate surface area is 111 Å². The molecule has 0 heterocycles. The van der Waals surface area contributed by atoms with Crippen molar-refractivity contribution in [3.63, 3.8) is 0 Å². The molecular formula is C11H20N2O6. The van der Waals surface area contributed by atoms with Crippen molar-refractivity contribution >= 4 is 18.0 Å². The summed E-state index contributed by atoms with van der Waals surface area (Å²) in [5.41, 5.74) is 0. The average molecular weight is 276 g/mol. The molecule has 0 aromatic carbocycles. The number of aliphatic carboxylic acids is 1. The van der Waals surface area contributed by atoms with E-state index in [1.807, 2.05) is 0 Å². The Kier molecular flexibility index (Phi) is 9.15. The van der Waals surface area contributed by atoms with Crippen molar-refractivity contribution < 1.29 is 29.3 Å². The summed E-state index contributed by atoms with van der Waals surface area (Å²) in [6, 6.07) is -0.471. The molecule has 8 nitrogen and oxygen atoms in total. The Morgan fingerprint density at radius 2 is 1.84 bits per heavy atom. The zero-order valence-electron chi connectivity index (χ0n) is 10.8. The van der Waals surface area contributed by atoms with Gasteiger partial charge in [-0.15, -0.1) is 0 Å². The molecule has 0 aliphatic carbocycles. The van der Waals surface area contributed by atoms with Gasteiger partial charge in [-0.25, -0.2) is 9.59 Å². The number of hydrogen-bond acceptors (Lipinski definition) is 5. The summed E-state index contributed by atoms with van der Waals surface area (Å²) in [5.74, 6) is -1.63. The maximum absolute atomic E-state index is 11.2. The van der Waals surface area contributed by atoms with Crippen LogP contribution in [-0.4, -0.2) is 54.0 Å². The predicted octanol–water partition coefficient (Wildman–Crippen LogP) is -0.535. The first-order valence-corrected chi connectivity index (χ1v) is 6.05. The smallest absolute Gasteiger partial charge is 0.332 e.